The van der Waals surface area contributed by atoms with Crippen LogP contribution in [0.2, 0.25) is 0 Å². The largest absolute Gasteiger partial charge is 0.394 e. The van der Waals surface area contributed by atoms with Crippen molar-refractivity contribution in [1.29, 1.82) is 0 Å². The molecule has 3 N–H and O–H groups in total. The minimum Gasteiger partial charge on any atom is -0.394 e. The maximum Gasteiger partial charge on any atom is 0.220 e. The molecule has 0 heterocycles. The van der Waals surface area contributed by atoms with Gasteiger partial charge in [-0.3, -0.25) is 4.79 Å². The fourth-order valence-electron chi connectivity index (χ4n) is 10.4. The fraction of sp³-hybridized carbons (Fsp3) is 0.896. The molecule has 0 bridgehead atoms. The Kier molecular flexibility index (Phi) is 61.7. The molecule has 2 unspecified atom stereocenters. The van der Waals surface area contributed by atoms with Gasteiger partial charge in [0.2, 0.25) is 5.91 Å². The lowest BCUT2D eigenvalue weighted by molar-refractivity contribution is -0.123. The topological polar surface area (TPSA) is 69.6 Å². The van der Waals surface area contributed by atoms with Gasteiger partial charge in [-0.05, 0) is 57.8 Å². The summed E-state index contributed by atoms with van der Waals surface area (Å²) in [6.07, 6.45) is 86.4. The Morgan fingerprint density at radius 3 is 0.817 bits per heavy atom. The number of unbranched alkanes of at least 4 members (excludes halogenated alkanes) is 50. The molecule has 1 amide bonds. The third kappa shape index (κ3) is 59.4. The average Bonchev–Trinajstić information content (AvgIpc) is 3.37. The van der Waals surface area contributed by atoms with Crippen LogP contribution in [0.25, 0.3) is 0 Å². The van der Waals surface area contributed by atoms with Crippen LogP contribution < -0.4 is 5.32 Å². The first-order valence-electron chi connectivity index (χ1n) is 32.7. The van der Waals surface area contributed by atoms with Gasteiger partial charge in [-0.15, -0.1) is 0 Å². The summed E-state index contributed by atoms with van der Waals surface area (Å²) in [4.78, 5) is 12.5. The SMILES string of the molecule is CCCCCCCCCC/C=C\CCCCCCCCCCCCCCCCCCCC(=O)NC(CO)C(O)/C=C/CC/C=C/CCCCCCCCCCCCCCCCCCCCCCCCCC. The molecule has 0 aliphatic carbocycles. The van der Waals surface area contributed by atoms with Gasteiger partial charge in [0.1, 0.15) is 0 Å². The molecule has 2 atom stereocenters. The smallest absolute Gasteiger partial charge is 0.220 e. The van der Waals surface area contributed by atoms with Crippen molar-refractivity contribution in [3.05, 3.63) is 36.5 Å². The Hall–Kier alpha value is -1.39. The van der Waals surface area contributed by atoms with E-state index < -0.39 is 12.1 Å². The van der Waals surface area contributed by atoms with E-state index in [1.807, 2.05) is 6.08 Å². The highest BCUT2D eigenvalue weighted by molar-refractivity contribution is 5.76. The van der Waals surface area contributed by atoms with E-state index in [9.17, 15) is 15.0 Å². The zero-order valence-corrected chi connectivity index (χ0v) is 48.5. The van der Waals surface area contributed by atoms with Gasteiger partial charge in [0.15, 0.2) is 0 Å². The van der Waals surface area contributed by atoms with Gasteiger partial charge in [0.05, 0.1) is 18.8 Å². The van der Waals surface area contributed by atoms with Gasteiger partial charge in [0, 0.05) is 6.42 Å². The Balaban J connectivity index is 3.46. The predicted molar refractivity (Wildman–Crippen MR) is 318 cm³/mol. The van der Waals surface area contributed by atoms with Gasteiger partial charge in [-0.25, -0.2) is 0 Å². The summed E-state index contributed by atoms with van der Waals surface area (Å²) < 4.78 is 0. The average molecular weight is 997 g/mol. The predicted octanol–water partition coefficient (Wildman–Crippen LogP) is 22.0. The lowest BCUT2D eigenvalue weighted by Crippen LogP contribution is -2.45. The summed E-state index contributed by atoms with van der Waals surface area (Å²) in [5, 5.41) is 23.2. The van der Waals surface area contributed by atoms with E-state index in [2.05, 4.69) is 43.5 Å². The van der Waals surface area contributed by atoms with E-state index in [0.717, 1.165) is 32.1 Å². The first kappa shape index (κ1) is 69.6. The molecule has 0 aliphatic heterocycles. The zero-order valence-electron chi connectivity index (χ0n) is 48.5. The van der Waals surface area contributed by atoms with Gasteiger partial charge in [0.25, 0.3) is 0 Å². The van der Waals surface area contributed by atoms with Gasteiger partial charge < -0.3 is 15.5 Å². The number of amides is 1. The second kappa shape index (κ2) is 62.9. The Morgan fingerprint density at radius 2 is 0.549 bits per heavy atom. The minimum absolute atomic E-state index is 0.0668. The van der Waals surface area contributed by atoms with E-state index in [-0.39, 0.29) is 12.5 Å². The number of allylic oxidation sites excluding steroid dienone is 5. The molecule has 0 fully saturated rings. The maximum absolute atomic E-state index is 12.5. The Labute approximate surface area is 446 Å². The minimum atomic E-state index is -0.863. The van der Waals surface area contributed by atoms with Crippen LogP contribution in [0.4, 0.5) is 0 Å². The number of nitrogens with one attached hydrogen (secondary N) is 1. The van der Waals surface area contributed by atoms with Crippen LogP contribution in [0.1, 0.15) is 367 Å². The first-order chi connectivity index (χ1) is 35.2. The van der Waals surface area contributed by atoms with Crippen molar-refractivity contribution in [2.45, 2.75) is 379 Å². The quantitative estimate of drug-likeness (QED) is 0.0420. The van der Waals surface area contributed by atoms with E-state index >= 15 is 0 Å². The van der Waals surface area contributed by atoms with Crippen LogP contribution in [0.3, 0.4) is 0 Å². The molecule has 0 aliphatic rings. The summed E-state index contributed by atoms with van der Waals surface area (Å²) in [7, 11) is 0. The zero-order chi connectivity index (χ0) is 51.3. The van der Waals surface area contributed by atoms with Crippen molar-refractivity contribution in [1.82, 2.24) is 5.32 Å². The Bertz CT molecular complexity index is 1080. The van der Waals surface area contributed by atoms with Crippen LogP contribution in [0.5, 0.6) is 0 Å². The standard InChI is InChI=1S/C67H129NO3/c1-3-5-7-9-11-13-15-17-19-21-23-25-27-29-31-33-35-36-38-40-42-44-46-48-50-52-54-56-58-60-62-66(70)65(64-69)68-67(71)63-61-59-57-55-53-51-49-47-45-43-41-39-37-34-32-30-28-26-24-22-20-18-16-14-12-10-8-6-4-2/h22,24,52,54,60,62,65-66,69-70H,3-21,23,25-51,53,55-59,61,63-64H2,1-2H3,(H,68,71)/b24-22-,54-52+,62-60+. The van der Waals surface area contributed by atoms with E-state index in [1.54, 1.807) is 6.08 Å². The molecule has 0 saturated carbocycles. The van der Waals surface area contributed by atoms with Crippen LogP contribution >= 0.6 is 0 Å². The molecular weight excluding hydrogens is 867 g/mol. The van der Waals surface area contributed by atoms with Crippen LogP contribution in [-0.2, 0) is 4.79 Å². The number of aliphatic hydroxyl groups excluding tert-OH is 2. The highest BCUT2D eigenvalue weighted by Gasteiger charge is 2.18. The third-order valence-corrected chi connectivity index (χ3v) is 15.3. The molecular formula is C67H129NO3. The van der Waals surface area contributed by atoms with E-state index in [4.69, 9.17) is 0 Å². The molecule has 0 rings (SSSR count). The summed E-state index contributed by atoms with van der Waals surface area (Å²) in [5.41, 5.74) is 0. The number of aliphatic hydroxyl groups is 2. The lowest BCUT2D eigenvalue weighted by atomic mass is 10.0. The second-order valence-electron chi connectivity index (χ2n) is 22.5. The highest BCUT2D eigenvalue weighted by atomic mass is 16.3. The van der Waals surface area contributed by atoms with Crippen molar-refractivity contribution in [3.8, 4) is 0 Å². The van der Waals surface area contributed by atoms with E-state index in [1.165, 1.54) is 315 Å². The number of carbonyl (C=O) groups is 1. The van der Waals surface area contributed by atoms with Crippen LogP contribution in [-0.4, -0.2) is 34.9 Å². The molecule has 420 valence electrons. The Morgan fingerprint density at radius 1 is 0.324 bits per heavy atom. The molecule has 0 saturated heterocycles. The van der Waals surface area contributed by atoms with Crippen molar-refractivity contribution in [2.24, 2.45) is 0 Å². The number of rotatable bonds is 61. The second-order valence-corrected chi connectivity index (χ2v) is 22.5. The third-order valence-electron chi connectivity index (χ3n) is 15.3. The van der Waals surface area contributed by atoms with Gasteiger partial charge in [-0.1, -0.05) is 339 Å². The lowest BCUT2D eigenvalue weighted by Gasteiger charge is -2.19. The maximum atomic E-state index is 12.5. The number of carbonyl (C=O) groups excluding carboxylic acids is 1. The first-order valence-corrected chi connectivity index (χ1v) is 32.7. The van der Waals surface area contributed by atoms with Gasteiger partial charge >= 0.3 is 0 Å². The molecule has 0 aromatic rings. The fourth-order valence-corrected chi connectivity index (χ4v) is 10.4. The molecule has 71 heavy (non-hydrogen) atoms. The highest BCUT2D eigenvalue weighted by Crippen LogP contribution is 2.18. The summed E-state index contributed by atoms with van der Waals surface area (Å²) in [6, 6.07) is -0.639. The van der Waals surface area contributed by atoms with Crippen LogP contribution in [0, 0.1) is 0 Å². The van der Waals surface area contributed by atoms with Crippen molar-refractivity contribution >= 4 is 5.91 Å². The normalized spacial score (nSPS) is 12.9. The molecule has 4 heteroatoms. The molecule has 0 radical (unpaired) electrons. The summed E-state index contributed by atoms with van der Waals surface area (Å²) in [6.45, 7) is 4.34. The van der Waals surface area contributed by atoms with Crippen LogP contribution in [0.15, 0.2) is 36.5 Å². The van der Waals surface area contributed by atoms with E-state index in [0.29, 0.717) is 6.42 Å². The summed E-state index contributed by atoms with van der Waals surface area (Å²) >= 11 is 0. The number of hydrogen-bond donors (Lipinski definition) is 3. The van der Waals surface area contributed by atoms with Crippen molar-refractivity contribution in [2.75, 3.05) is 6.61 Å². The number of hydrogen-bond acceptors (Lipinski definition) is 3. The van der Waals surface area contributed by atoms with Gasteiger partial charge in [-0.2, -0.15) is 0 Å². The molecule has 0 aromatic carbocycles. The van der Waals surface area contributed by atoms with Crippen molar-refractivity contribution in [3.63, 3.8) is 0 Å². The molecule has 0 aromatic heterocycles. The van der Waals surface area contributed by atoms with Crippen molar-refractivity contribution < 1.29 is 15.0 Å². The summed E-state index contributed by atoms with van der Waals surface area (Å²) in [5.74, 6) is -0.0668. The monoisotopic (exact) mass is 996 g/mol. The molecule has 4 nitrogen and oxygen atoms in total. The molecule has 0 spiro atoms.